The number of thiazole rings is 1. The Labute approximate surface area is 168 Å². The smallest absolute Gasteiger partial charge is 0.270 e. The fraction of sp³-hybridized carbons (Fsp3) is 0.444. The highest BCUT2D eigenvalue weighted by Gasteiger charge is 2.34. The molecule has 1 amide bonds. The van der Waals surface area contributed by atoms with E-state index in [1.807, 2.05) is 6.07 Å². The molecular weight excluding hydrogens is 396 g/mol. The summed E-state index contributed by atoms with van der Waals surface area (Å²) in [5.41, 5.74) is 1.05. The number of amides is 1. The monoisotopic (exact) mass is 417 g/mol. The van der Waals surface area contributed by atoms with Crippen LogP contribution in [0.15, 0.2) is 29.6 Å². The third kappa shape index (κ3) is 4.74. The average molecular weight is 418 g/mol. The Kier molecular flexibility index (Phi) is 7.41. The molecule has 2 N–H and O–H groups in total. The zero-order valence-electron chi connectivity index (χ0n) is 14.1. The van der Waals surface area contributed by atoms with Gasteiger partial charge in [-0.05, 0) is 37.3 Å². The van der Waals surface area contributed by atoms with Gasteiger partial charge in [-0.1, -0.05) is 18.2 Å². The largest absolute Gasteiger partial charge is 0.348 e. The van der Waals surface area contributed by atoms with Crippen molar-refractivity contribution in [2.24, 2.45) is 0 Å². The van der Waals surface area contributed by atoms with Gasteiger partial charge in [0.05, 0.1) is 5.01 Å². The number of hydrogen-bond acceptors (Lipinski definition) is 4. The van der Waals surface area contributed by atoms with Crippen molar-refractivity contribution in [3.63, 3.8) is 0 Å². The molecule has 0 spiro atoms. The number of hydrogen-bond donors (Lipinski definition) is 2. The molecule has 26 heavy (non-hydrogen) atoms. The number of aromatic nitrogens is 1. The molecule has 1 aromatic carbocycles. The van der Waals surface area contributed by atoms with Gasteiger partial charge in [0.2, 0.25) is 0 Å². The first-order chi connectivity index (χ1) is 11.7. The van der Waals surface area contributed by atoms with Gasteiger partial charge >= 0.3 is 0 Å². The molecule has 4 rings (SSSR count). The fourth-order valence-electron chi connectivity index (χ4n) is 3.74. The third-order valence-electron chi connectivity index (χ3n) is 4.89. The lowest BCUT2D eigenvalue weighted by Crippen LogP contribution is -2.48. The first kappa shape index (κ1) is 21.1. The van der Waals surface area contributed by atoms with Gasteiger partial charge in [-0.25, -0.2) is 9.37 Å². The van der Waals surface area contributed by atoms with Gasteiger partial charge < -0.3 is 10.6 Å². The highest BCUT2D eigenvalue weighted by atomic mass is 35.5. The van der Waals surface area contributed by atoms with Gasteiger partial charge in [-0.3, -0.25) is 4.79 Å². The lowest BCUT2D eigenvalue weighted by atomic mass is 10.00. The molecule has 2 atom stereocenters. The molecule has 3 heterocycles. The van der Waals surface area contributed by atoms with E-state index in [1.165, 1.54) is 30.2 Å². The fourth-order valence-corrected chi connectivity index (χ4v) is 4.53. The van der Waals surface area contributed by atoms with E-state index in [0.717, 1.165) is 17.8 Å². The molecule has 0 radical (unpaired) electrons. The van der Waals surface area contributed by atoms with Crippen molar-refractivity contribution >= 4 is 42.1 Å². The second kappa shape index (κ2) is 9.13. The summed E-state index contributed by atoms with van der Waals surface area (Å²) < 4.78 is 13.7. The van der Waals surface area contributed by atoms with Crippen molar-refractivity contribution in [1.82, 2.24) is 15.6 Å². The molecule has 142 valence electrons. The number of carbonyl (C=O) groups excluding carboxylic acids is 1. The predicted octanol–water partition coefficient (Wildman–Crippen LogP) is 3.73. The molecule has 8 heteroatoms. The van der Waals surface area contributed by atoms with Crippen LogP contribution in [-0.4, -0.2) is 29.0 Å². The van der Waals surface area contributed by atoms with Crippen LogP contribution in [0.1, 0.15) is 46.7 Å². The zero-order valence-corrected chi connectivity index (χ0v) is 16.6. The van der Waals surface area contributed by atoms with Crippen LogP contribution in [0.4, 0.5) is 4.39 Å². The molecule has 2 fully saturated rings. The van der Waals surface area contributed by atoms with Crippen LogP contribution in [0.2, 0.25) is 0 Å². The van der Waals surface area contributed by atoms with Crippen LogP contribution in [0, 0.1) is 5.82 Å². The van der Waals surface area contributed by atoms with Crippen LogP contribution >= 0.6 is 36.2 Å². The third-order valence-corrected chi connectivity index (χ3v) is 5.74. The van der Waals surface area contributed by atoms with Gasteiger partial charge in [0.15, 0.2) is 0 Å². The van der Waals surface area contributed by atoms with E-state index in [0.29, 0.717) is 29.8 Å². The topological polar surface area (TPSA) is 54.0 Å². The SMILES string of the molecule is Cl.Cl.O=C(NC1CC2CCC(C1)N2)c1csc(Cc2ccccc2F)n1. The number of halogens is 3. The summed E-state index contributed by atoms with van der Waals surface area (Å²) in [5, 5.41) is 9.21. The van der Waals surface area contributed by atoms with E-state index in [1.54, 1.807) is 17.5 Å². The highest BCUT2D eigenvalue weighted by molar-refractivity contribution is 7.09. The lowest BCUT2D eigenvalue weighted by Gasteiger charge is -2.29. The molecule has 2 saturated heterocycles. The van der Waals surface area contributed by atoms with E-state index in [4.69, 9.17) is 0 Å². The Morgan fingerprint density at radius 3 is 2.62 bits per heavy atom. The highest BCUT2D eigenvalue weighted by Crippen LogP contribution is 2.27. The summed E-state index contributed by atoms with van der Waals surface area (Å²) in [6, 6.07) is 8.00. The van der Waals surface area contributed by atoms with Gasteiger partial charge in [-0.2, -0.15) is 0 Å². The van der Waals surface area contributed by atoms with E-state index in [-0.39, 0.29) is 42.6 Å². The molecule has 0 aliphatic carbocycles. The van der Waals surface area contributed by atoms with Crippen molar-refractivity contribution < 1.29 is 9.18 Å². The first-order valence-electron chi connectivity index (χ1n) is 8.42. The second-order valence-corrected chi connectivity index (χ2v) is 7.62. The Balaban J connectivity index is 0.00000121. The quantitative estimate of drug-likeness (QED) is 0.796. The minimum atomic E-state index is -0.233. The van der Waals surface area contributed by atoms with E-state index in [2.05, 4.69) is 15.6 Å². The molecule has 2 bridgehead atoms. The van der Waals surface area contributed by atoms with Gasteiger partial charge in [0, 0.05) is 29.9 Å². The summed E-state index contributed by atoms with van der Waals surface area (Å²) in [4.78, 5) is 16.8. The second-order valence-electron chi connectivity index (χ2n) is 6.67. The molecule has 1 aromatic heterocycles. The van der Waals surface area contributed by atoms with Crippen molar-refractivity contribution in [2.45, 2.75) is 50.2 Å². The summed E-state index contributed by atoms with van der Waals surface area (Å²) in [6.07, 6.45) is 4.83. The van der Waals surface area contributed by atoms with Crippen molar-refractivity contribution in [3.05, 3.63) is 51.7 Å². The van der Waals surface area contributed by atoms with E-state index in [9.17, 15) is 9.18 Å². The molecule has 2 unspecified atom stereocenters. The summed E-state index contributed by atoms with van der Waals surface area (Å²) >= 11 is 1.41. The maximum absolute atomic E-state index is 13.7. The van der Waals surface area contributed by atoms with Crippen LogP contribution in [0.25, 0.3) is 0 Å². The number of piperidine rings is 1. The van der Waals surface area contributed by atoms with Gasteiger partial charge in [0.25, 0.3) is 5.91 Å². The zero-order chi connectivity index (χ0) is 16.5. The Hall–Kier alpha value is -1.21. The first-order valence-corrected chi connectivity index (χ1v) is 9.30. The molecule has 2 aliphatic heterocycles. The summed E-state index contributed by atoms with van der Waals surface area (Å²) in [6.45, 7) is 0. The maximum atomic E-state index is 13.7. The number of nitrogens with one attached hydrogen (secondary N) is 2. The normalized spacial score (nSPS) is 23.7. The maximum Gasteiger partial charge on any atom is 0.270 e. The van der Waals surface area contributed by atoms with Crippen LogP contribution in [0.3, 0.4) is 0 Å². The van der Waals surface area contributed by atoms with Crippen molar-refractivity contribution in [2.75, 3.05) is 0 Å². The molecule has 2 aromatic rings. The van der Waals surface area contributed by atoms with Crippen LogP contribution in [-0.2, 0) is 6.42 Å². The Morgan fingerprint density at radius 2 is 1.92 bits per heavy atom. The molecule has 2 aliphatic rings. The number of fused-ring (bicyclic) bond motifs is 2. The van der Waals surface area contributed by atoms with Crippen LogP contribution < -0.4 is 10.6 Å². The van der Waals surface area contributed by atoms with E-state index >= 15 is 0 Å². The molecule has 4 nitrogen and oxygen atoms in total. The average Bonchev–Trinajstić information content (AvgIpc) is 3.16. The van der Waals surface area contributed by atoms with Gasteiger partial charge in [0.1, 0.15) is 11.5 Å². The molecular formula is C18H22Cl2FN3OS. The predicted molar refractivity (Wildman–Crippen MR) is 106 cm³/mol. The van der Waals surface area contributed by atoms with Crippen molar-refractivity contribution in [3.8, 4) is 0 Å². The van der Waals surface area contributed by atoms with Crippen LogP contribution in [0.5, 0.6) is 0 Å². The number of nitrogens with zero attached hydrogens (tertiary/aromatic N) is 1. The van der Waals surface area contributed by atoms with Crippen molar-refractivity contribution in [1.29, 1.82) is 0 Å². The van der Waals surface area contributed by atoms with E-state index < -0.39 is 0 Å². The standard InChI is InChI=1S/C18H20FN3OS.2ClH/c19-15-4-2-1-3-11(15)7-17-22-16(10-24-17)18(23)21-14-8-12-5-6-13(9-14)20-12;;/h1-4,10,12-14,20H,5-9H2,(H,21,23);2*1H. The Morgan fingerprint density at radius 1 is 1.23 bits per heavy atom. The molecule has 0 saturated carbocycles. The Bertz CT molecular complexity index is 746. The van der Waals surface area contributed by atoms with Gasteiger partial charge in [-0.15, -0.1) is 36.2 Å². The summed E-state index contributed by atoms with van der Waals surface area (Å²) in [5.74, 6) is -0.346. The minimum absolute atomic E-state index is 0. The minimum Gasteiger partial charge on any atom is -0.348 e. The number of carbonyl (C=O) groups is 1. The lowest BCUT2D eigenvalue weighted by molar-refractivity contribution is 0.0919. The summed E-state index contributed by atoms with van der Waals surface area (Å²) in [7, 11) is 0. The number of rotatable bonds is 4. The number of benzene rings is 1.